The van der Waals surface area contributed by atoms with Gasteiger partial charge in [0, 0.05) is 10.9 Å². The zero-order chi connectivity index (χ0) is 19.4. The summed E-state index contributed by atoms with van der Waals surface area (Å²) in [6.45, 7) is 3.80. The van der Waals surface area contributed by atoms with Crippen LogP contribution in [0.5, 0.6) is 0 Å². The predicted octanol–water partition coefficient (Wildman–Crippen LogP) is 4.62. The van der Waals surface area contributed by atoms with Gasteiger partial charge in [0.1, 0.15) is 11.5 Å². The highest BCUT2D eigenvalue weighted by atomic mass is 19.1. The van der Waals surface area contributed by atoms with E-state index in [4.69, 9.17) is 4.74 Å². The third kappa shape index (κ3) is 3.84. The first-order chi connectivity index (χ1) is 13.0. The fourth-order valence-corrected chi connectivity index (χ4v) is 3.12. The Bertz CT molecular complexity index is 966. The van der Waals surface area contributed by atoms with Gasteiger partial charge in [-0.1, -0.05) is 37.3 Å². The maximum Gasteiger partial charge on any atom is 0.356 e. The third-order valence-electron chi connectivity index (χ3n) is 4.42. The van der Waals surface area contributed by atoms with E-state index >= 15 is 0 Å². The topological polar surface area (TPSA) is 71.2 Å². The van der Waals surface area contributed by atoms with Crippen LogP contribution in [-0.4, -0.2) is 23.5 Å². The van der Waals surface area contributed by atoms with Crippen molar-refractivity contribution in [2.24, 2.45) is 0 Å². The average Bonchev–Trinajstić information content (AvgIpc) is 3.01. The minimum Gasteiger partial charge on any atom is -0.461 e. The molecule has 0 saturated heterocycles. The Labute approximate surface area is 156 Å². The van der Waals surface area contributed by atoms with Crippen LogP contribution in [0.1, 0.15) is 42.2 Å². The summed E-state index contributed by atoms with van der Waals surface area (Å²) in [7, 11) is 0. The van der Waals surface area contributed by atoms with Gasteiger partial charge in [-0.15, -0.1) is 0 Å². The van der Waals surface area contributed by atoms with Crippen LogP contribution < -0.4 is 5.32 Å². The molecule has 0 aliphatic rings. The molecule has 6 heteroatoms. The number of hydrogen-bond acceptors (Lipinski definition) is 3. The average molecular weight is 368 g/mol. The Hall–Kier alpha value is -3.15. The lowest BCUT2D eigenvalue weighted by atomic mass is 9.95. The van der Waals surface area contributed by atoms with Gasteiger partial charge in [-0.25, -0.2) is 9.18 Å². The van der Waals surface area contributed by atoms with Crippen molar-refractivity contribution in [1.29, 1.82) is 0 Å². The third-order valence-corrected chi connectivity index (χ3v) is 4.42. The molecule has 0 spiro atoms. The number of benzene rings is 2. The molecule has 1 heterocycles. The molecule has 0 unspecified atom stereocenters. The maximum absolute atomic E-state index is 13.8. The van der Waals surface area contributed by atoms with E-state index in [0.717, 1.165) is 5.56 Å². The second-order valence-corrected chi connectivity index (χ2v) is 6.15. The normalized spacial score (nSPS) is 12.0. The van der Waals surface area contributed by atoms with Gasteiger partial charge in [-0.2, -0.15) is 0 Å². The number of carbonyl (C=O) groups is 2. The zero-order valence-corrected chi connectivity index (χ0v) is 15.2. The lowest BCUT2D eigenvalue weighted by Gasteiger charge is -2.16. The first-order valence-corrected chi connectivity index (χ1v) is 8.89. The van der Waals surface area contributed by atoms with Gasteiger partial charge in [0.15, 0.2) is 0 Å². The van der Waals surface area contributed by atoms with Crippen molar-refractivity contribution < 1.29 is 18.7 Å². The maximum atomic E-state index is 13.8. The summed E-state index contributed by atoms with van der Waals surface area (Å²) in [5.41, 5.74) is 1.76. The Morgan fingerprint density at radius 1 is 1.15 bits per heavy atom. The Morgan fingerprint density at radius 2 is 1.89 bits per heavy atom. The number of rotatable bonds is 6. The Morgan fingerprint density at radius 3 is 2.56 bits per heavy atom. The van der Waals surface area contributed by atoms with Gasteiger partial charge in [0.05, 0.1) is 18.2 Å². The minimum absolute atomic E-state index is 0.105. The summed E-state index contributed by atoms with van der Waals surface area (Å²) in [6, 6.07) is 13.5. The van der Waals surface area contributed by atoms with Crippen molar-refractivity contribution in [2.45, 2.75) is 26.2 Å². The number of anilines is 1. The molecule has 1 atom stereocenters. The largest absolute Gasteiger partial charge is 0.461 e. The number of aromatic nitrogens is 1. The van der Waals surface area contributed by atoms with E-state index in [1.165, 1.54) is 18.2 Å². The number of fused-ring (bicyclic) bond motifs is 1. The molecule has 0 aliphatic heterocycles. The Balaban J connectivity index is 2.01. The summed E-state index contributed by atoms with van der Waals surface area (Å²) < 4.78 is 18.8. The molecule has 0 fully saturated rings. The summed E-state index contributed by atoms with van der Waals surface area (Å²) >= 11 is 0. The van der Waals surface area contributed by atoms with Crippen molar-refractivity contribution in [3.63, 3.8) is 0 Å². The molecule has 140 valence electrons. The lowest BCUT2D eigenvalue weighted by Crippen LogP contribution is -2.22. The SMILES string of the molecule is CCOC(=O)c1[nH]c2ccc(F)cc2c1NC(=O)[C@@H](CC)c1ccccc1. The zero-order valence-electron chi connectivity index (χ0n) is 15.2. The van der Waals surface area contributed by atoms with Crippen LogP contribution in [0.3, 0.4) is 0 Å². The molecule has 3 rings (SSSR count). The van der Waals surface area contributed by atoms with Crippen molar-refractivity contribution in [1.82, 2.24) is 4.98 Å². The van der Waals surface area contributed by atoms with E-state index in [1.807, 2.05) is 37.3 Å². The standard InChI is InChI=1S/C21H21FN2O3/c1-3-15(13-8-6-5-7-9-13)20(25)24-18-16-12-14(22)10-11-17(16)23-19(18)21(26)27-4-2/h5-12,15,23H,3-4H2,1-2H3,(H,24,25)/t15-/m0/s1. The van der Waals surface area contributed by atoms with Crippen LogP contribution in [0.2, 0.25) is 0 Å². The number of halogens is 1. The van der Waals surface area contributed by atoms with Gasteiger partial charge in [-0.05, 0) is 37.1 Å². The molecule has 0 saturated carbocycles. The van der Waals surface area contributed by atoms with Crippen LogP contribution in [0.25, 0.3) is 10.9 Å². The number of aromatic amines is 1. The minimum atomic E-state index is -0.600. The number of ether oxygens (including phenoxy) is 1. The molecule has 1 aromatic heterocycles. The fourth-order valence-electron chi connectivity index (χ4n) is 3.12. The highest BCUT2D eigenvalue weighted by molar-refractivity contribution is 6.11. The first-order valence-electron chi connectivity index (χ1n) is 8.89. The van der Waals surface area contributed by atoms with E-state index in [0.29, 0.717) is 17.3 Å². The summed E-state index contributed by atoms with van der Waals surface area (Å²) in [4.78, 5) is 28.2. The van der Waals surface area contributed by atoms with Crippen LogP contribution in [0.15, 0.2) is 48.5 Å². The molecule has 5 nitrogen and oxygen atoms in total. The smallest absolute Gasteiger partial charge is 0.356 e. The second kappa shape index (κ2) is 8.03. The molecule has 1 amide bonds. The van der Waals surface area contributed by atoms with E-state index in [-0.39, 0.29) is 29.8 Å². The second-order valence-electron chi connectivity index (χ2n) is 6.15. The van der Waals surface area contributed by atoms with Crippen LogP contribution in [0.4, 0.5) is 10.1 Å². The van der Waals surface area contributed by atoms with Gasteiger partial charge in [0.25, 0.3) is 0 Å². The predicted molar refractivity (Wildman–Crippen MR) is 102 cm³/mol. The molecule has 0 aliphatic carbocycles. The fraction of sp³-hybridized carbons (Fsp3) is 0.238. The first kappa shape index (κ1) is 18.6. The summed E-state index contributed by atoms with van der Waals surface area (Å²) in [5.74, 6) is -1.71. The molecule has 2 aromatic carbocycles. The van der Waals surface area contributed by atoms with Crippen molar-refractivity contribution in [3.8, 4) is 0 Å². The van der Waals surface area contributed by atoms with Gasteiger partial charge >= 0.3 is 5.97 Å². The quantitative estimate of drug-likeness (QED) is 0.624. The highest BCUT2D eigenvalue weighted by Crippen LogP contribution is 2.31. The lowest BCUT2D eigenvalue weighted by molar-refractivity contribution is -0.117. The Kier molecular flexibility index (Phi) is 5.54. The summed E-state index contributed by atoms with van der Waals surface area (Å²) in [5, 5.41) is 3.24. The summed E-state index contributed by atoms with van der Waals surface area (Å²) in [6.07, 6.45) is 0.585. The van der Waals surface area contributed by atoms with Crippen LogP contribution in [0, 0.1) is 5.82 Å². The molecule has 0 radical (unpaired) electrons. The monoisotopic (exact) mass is 368 g/mol. The molecule has 2 N–H and O–H groups in total. The van der Waals surface area contributed by atoms with E-state index in [9.17, 15) is 14.0 Å². The van der Waals surface area contributed by atoms with E-state index < -0.39 is 11.8 Å². The number of nitrogens with one attached hydrogen (secondary N) is 2. The van der Waals surface area contributed by atoms with Gasteiger partial charge in [-0.3, -0.25) is 4.79 Å². The number of amides is 1. The van der Waals surface area contributed by atoms with Crippen molar-refractivity contribution in [3.05, 3.63) is 65.6 Å². The molecular weight excluding hydrogens is 347 g/mol. The van der Waals surface area contributed by atoms with Gasteiger partial charge in [0.2, 0.25) is 5.91 Å². The van der Waals surface area contributed by atoms with Gasteiger partial charge < -0.3 is 15.0 Å². The van der Waals surface area contributed by atoms with Crippen LogP contribution in [-0.2, 0) is 9.53 Å². The number of carbonyl (C=O) groups excluding carboxylic acids is 2. The highest BCUT2D eigenvalue weighted by Gasteiger charge is 2.25. The number of esters is 1. The van der Waals surface area contributed by atoms with Crippen LogP contribution >= 0.6 is 0 Å². The molecule has 27 heavy (non-hydrogen) atoms. The molecule has 0 bridgehead atoms. The van der Waals surface area contributed by atoms with E-state index in [1.54, 1.807) is 6.92 Å². The molecular formula is C21H21FN2O3. The number of H-pyrrole nitrogens is 1. The van der Waals surface area contributed by atoms with E-state index in [2.05, 4.69) is 10.3 Å². The number of hydrogen-bond donors (Lipinski definition) is 2. The van der Waals surface area contributed by atoms with Crippen molar-refractivity contribution in [2.75, 3.05) is 11.9 Å². The molecule has 3 aromatic rings. The van der Waals surface area contributed by atoms with Crippen molar-refractivity contribution >= 4 is 28.5 Å².